The molecular weight excluding hydrogens is 448 g/mol. The maximum Gasteiger partial charge on any atom is 0.247 e. The van der Waals surface area contributed by atoms with Gasteiger partial charge < -0.3 is 19.2 Å². The number of rotatable bonds is 5. The fourth-order valence-corrected chi connectivity index (χ4v) is 5.53. The van der Waals surface area contributed by atoms with E-state index in [-0.39, 0.29) is 11.9 Å². The number of hydrogen-bond acceptors (Lipinski definition) is 7. The van der Waals surface area contributed by atoms with Crippen molar-refractivity contribution in [2.75, 3.05) is 22.5 Å². The minimum atomic E-state index is -0.312. The lowest BCUT2D eigenvalue weighted by Gasteiger charge is -2.35. The number of carbonyl (C=O) groups is 1. The van der Waals surface area contributed by atoms with Gasteiger partial charge in [0.1, 0.15) is 11.7 Å². The fraction of sp³-hybridized carbons (Fsp3) is 0.280. The summed E-state index contributed by atoms with van der Waals surface area (Å²) in [6.07, 6.45) is 6.47. The highest BCUT2D eigenvalue weighted by Gasteiger charge is 2.30. The number of para-hydroxylation sites is 1. The van der Waals surface area contributed by atoms with E-state index in [1.54, 1.807) is 18.0 Å². The zero-order chi connectivity index (χ0) is 22.9. The van der Waals surface area contributed by atoms with E-state index < -0.39 is 0 Å². The van der Waals surface area contributed by atoms with Gasteiger partial charge in [0.05, 0.1) is 17.6 Å². The summed E-state index contributed by atoms with van der Waals surface area (Å²) in [5.74, 6) is 2.40. The number of carbonyl (C=O) groups excluding carboxylic acids is 1. The standard InChI is InChI=1S/C25H24N6O2S/c32-24(26-18-7-2-1-6-17(18)20-16-30-13-15-34-25(30)27-20)21-8-3-4-12-31(21)23-11-10-19(28-29-23)22-9-5-14-33-22/h1-2,5-7,9-11,14,16,21H,3-4,8,12-13,15H2,(H,26,32). The number of anilines is 2. The molecule has 1 unspecified atom stereocenters. The van der Waals surface area contributed by atoms with Crippen LogP contribution in [0.2, 0.25) is 0 Å². The van der Waals surface area contributed by atoms with Crippen LogP contribution in [0.3, 0.4) is 0 Å². The third-order valence-electron chi connectivity index (χ3n) is 6.29. The van der Waals surface area contributed by atoms with Crippen molar-refractivity contribution in [2.24, 2.45) is 0 Å². The second kappa shape index (κ2) is 8.98. The van der Waals surface area contributed by atoms with Crippen LogP contribution in [0.1, 0.15) is 19.3 Å². The summed E-state index contributed by atoms with van der Waals surface area (Å²) in [5.41, 5.74) is 3.27. The highest BCUT2D eigenvalue weighted by molar-refractivity contribution is 7.99. The topological polar surface area (TPSA) is 89.1 Å². The Morgan fingerprint density at radius 2 is 1.97 bits per heavy atom. The summed E-state index contributed by atoms with van der Waals surface area (Å²) in [6, 6.07) is 15.0. The summed E-state index contributed by atoms with van der Waals surface area (Å²) in [7, 11) is 0. The number of fused-ring (bicyclic) bond motifs is 1. The lowest BCUT2D eigenvalue weighted by molar-refractivity contribution is -0.117. The molecule has 1 amide bonds. The van der Waals surface area contributed by atoms with E-state index in [1.165, 1.54) is 0 Å². The summed E-state index contributed by atoms with van der Waals surface area (Å²) >= 11 is 1.76. The third kappa shape index (κ3) is 3.96. The molecule has 0 radical (unpaired) electrons. The van der Waals surface area contributed by atoms with Gasteiger partial charge in [0, 0.05) is 30.6 Å². The Kier molecular flexibility index (Phi) is 5.54. The van der Waals surface area contributed by atoms with E-state index >= 15 is 0 Å². The van der Waals surface area contributed by atoms with Gasteiger partial charge >= 0.3 is 0 Å². The van der Waals surface area contributed by atoms with E-state index in [9.17, 15) is 4.79 Å². The van der Waals surface area contributed by atoms with Crippen LogP contribution >= 0.6 is 11.8 Å². The van der Waals surface area contributed by atoms with Crippen LogP contribution in [0.4, 0.5) is 11.5 Å². The van der Waals surface area contributed by atoms with Gasteiger partial charge in [0.15, 0.2) is 16.7 Å². The molecule has 0 aliphatic carbocycles. The molecule has 6 rings (SSSR count). The van der Waals surface area contributed by atoms with Crippen LogP contribution in [0.5, 0.6) is 0 Å². The van der Waals surface area contributed by atoms with E-state index in [0.29, 0.717) is 17.3 Å². The number of imidazole rings is 1. The molecule has 0 bridgehead atoms. The molecule has 172 valence electrons. The minimum Gasteiger partial charge on any atom is -0.463 e. The molecule has 2 aliphatic rings. The van der Waals surface area contributed by atoms with Crippen molar-refractivity contribution >= 4 is 29.2 Å². The lowest BCUT2D eigenvalue weighted by Crippen LogP contribution is -2.47. The largest absolute Gasteiger partial charge is 0.463 e. The number of aryl methyl sites for hydroxylation is 1. The molecule has 5 heterocycles. The number of aromatic nitrogens is 4. The van der Waals surface area contributed by atoms with Crippen molar-refractivity contribution in [1.29, 1.82) is 0 Å². The maximum atomic E-state index is 13.5. The molecule has 1 fully saturated rings. The zero-order valence-electron chi connectivity index (χ0n) is 18.6. The van der Waals surface area contributed by atoms with Crippen molar-refractivity contribution in [3.63, 3.8) is 0 Å². The van der Waals surface area contributed by atoms with Crippen molar-refractivity contribution in [2.45, 2.75) is 37.0 Å². The molecule has 1 saturated heterocycles. The Labute approximate surface area is 201 Å². The monoisotopic (exact) mass is 472 g/mol. The highest BCUT2D eigenvalue weighted by atomic mass is 32.2. The highest BCUT2D eigenvalue weighted by Crippen LogP contribution is 2.33. The summed E-state index contributed by atoms with van der Waals surface area (Å²) < 4.78 is 7.58. The van der Waals surface area contributed by atoms with E-state index in [1.807, 2.05) is 48.5 Å². The van der Waals surface area contributed by atoms with Crippen molar-refractivity contribution < 1.29 is 9.21 Å². The second-order valence-corrected chi connectivity index (χ2v) is 9.51. The van der Waals surface area contributed by atoms with Crippen molar-refractivity contribution in [1.82, 2.24) is 19.7 Å². The predicted octanol–water partition coefficient (Wildman–Crippen LogP) is 4.70. The maximum absolute atomic E-state index is 13.5. The number of nitrogens with one attached hydrogen (secondary N) is 1. The van der Waals surface area contributed by atoms with E-state index in [2.05, 4.69) is 31.2 Å². The molecule has 3 aromatic heterocycles. The lowest BCUT2D eigenvalue weighted by atomic mass is 10.0. The van der Waals surface area contributed by atoms with Crippen LogP contribution in [-0.2, 0) is 11.3 Å². The van der Waals surface area contributed by atoms with Crippen LogP contribution in [0.15, 0.2) is 70.6 Å². The molecule has 4 aromatic rings. The van der Waals surface area contributed by atoms with Gasteiger partial charge in [0.2, 0.25) is 5.91 Å². The number of furan rings is 1. The molecule has 0 saturated carbocycles. The van der Waals surface area contributed by atoms with Gasteiger partial charge in [-0.2, -0.15) is 0 Å². The molecule has 1 atom stereocenters. The van der Waals surface area contributed by atoms with Crippen LogP contribution < -0.4 is 10.2 Å². The number of nitrogens with zero attached hydrogens (tertiary/aromatic N) is 5. The van der Waals surface area contributed by atoms with Gasteiger partial charge in [-0.25, -0.2) is 4.98 Å². The molecule has 1 aromatic carbocycles. The van der Waals surface area contributed by atoms with E-state index in [4.69, 9.17) is 9.40 Å². The van der Waals surface area contributed by atoms with Crippen LogP contribution in [-0.4, -0.2) is 44.0 Å². The third-order valence-corrected chi connectivity index (χ3v) is 7.26. The summed E-state index contributed by atoms with van der Waals surface area (Å²) in [5, 5.41) is 12.9. The van der Waals surface area contributed by atoms with E-state index in [0.717, 1.165) is 60.2 Å². The first-order valence-electron chi connectivity index (χ1n) is 11.5. The summed E-state index contributed by atoms with van der Waals surface area (Å²) in [6.45, 7) is 1.73. The first-order chi connectivity index (χ1) is 16.8. The molecule has 8 nitrogen and oxygen atoms in total. The molecule has 1 N–H and O–H groups in total. The first-order valence-corrected chi connectivity index (χ1v) is 12.5. The van der Waals surface area contributed by atoms with Crippen molar-refractivity contribution in [3.8, 4) is 22.7 Å². The molecule has 34 heavy (non-hydrogen) atoms. The Morgan fingerprint density at radius 1 is 1.03 bits per heavy atom. The Balaban J connectivity index is 1.23. The number of piperidine rings is 1. The Morgan fingerprint density at radius 3 is 2.79 bits per heavy atom. The van der Waals surface area contributed by atoms with Crippen molar-refractivity contribution in [3.05, 3.63) is 61.0 Å². The normalized spacial score (nSPS) is 17.5. The smallest absolute Gasteiger partial charge is 0.247 e. The molecule has 9 heteroatoms. The quantitative estimate of drug-likeness (QED) is 0.450. The van der Waals surface area contributed by atoms with Gasteiger partial charge in [-0.1, -0.05) is 30.0 Å². The second-order valence-electron chi connectivity index (χ2n) is 8.44. The zero-order valence-corrected chi connectivity index (χ0v) is 19.4. The average Bonchev–Trinajstić information content (AvgIpc) is 3.63. The Hall–Kier alpha value is -3.59. The number of hydrogen-bond donors (Lipinski definition) is 1. The van der Waals surface area contributed by atoms with Gasteiger partial charge in [-0.3, -0.25) is 4.79 Å². The van der Waals surface area contributed by atoms with Crippen LogP contribution in [0, 0.1) is 0 Å². The molecular formula is C25H24N6O2S. The number of benzene rings is 1. The molecule has 0 spiro atoms. The summed E-state index contributed by atoms with van der Waals surface area (Å²) in [4.78, 5) is 20.3. The van der Waals surface area contributed by atoms with Gasteiger partial charge in [-0.05, 0) is 49.6 Å². The number of amides is 1. The fourth-order valence-electron chi connectivity index (χ4n) is 4.58. The SMILES string of the molecule is O=C(Nc1ccccc1-c1cn2c(n1)SCC2)C1CCCCN1c1ccc(-c2ccco2)nn1. The average molecular weight is 473 g/mol. The Bertz CT molecular complexity index is 1280. The first kappa shape index (κ1) is 21.0. The van der Waals surface area contributed by atoms with Gasteiger partial charge in [-0.15, -0.1) is 10.2 Å². The minimum absolute atomic E-state index is 0.0369. The van der Waals surface area contributed by atoms with Gasteiger partial charge in [0.25, 0.3) is 0 Å². The predicted molar refractivity (Wildman–Crippen MR) is 132 cm³/mol. The molecule has 2 aliphatic heterocycles. The number of thioether (sulfide) groups is 1. The van der Waals surface area contributed by atoms with Crippen LogP contribution in [0.25, 0.3) is 22.7 Å².